The van der Waals surface area contributed by atoms with Gasteiger partial charge in [0.05, 0.1) is 0 Å². The molecule has 0 radical (unpaired) electrons. The van der Waals surface area contributed by atoms with Crippen LogP contribution in [0.4, 0.5) is 5.82 Å². The minimum absolute atomic E-state index is 0.633. The van der Waals surface area contributed by atoms with Gasteiger partial charge in [-0.15, -0.1) is 10.2 Å². The van der Waals surface area contributed by atoms with Gasteiger partial charge >= 0.3 is 0 Å². The fraction of sp³-hybridized carbons (Fsp3) is 0.211. The molecular weight excluding hydrogens is 320 g/mol. The SMILES string of the molecule is Clc1ccc(-c2nnc(-c3ccccc3)c(N3CCCC3)n2)cc1. The van der Waals surface area contributed by atoms with Crippen molar-refractivity contribution in [2.45, 2.75) is 12.8 Å². The van der Waals surface area contributed by atoms with Crippen LogP contribution in [0.1, 0.15) is 12.8 Å². The Kier molecular flexibility index (Phi) is 4.13. The van der Waals surface area contributed by atoms with Crippen LogP contribution in [0, 0.1) is 0 Å². The summed E-state index contributed by atoms with van der Waals surface area (Å²) in [5.74, 6) is 1.55. The topological polar surface area (TPSA) is 41.9 Å². The van der Waals surface area contributed by atoms with Gasteiger partial charge in [0.25, 0.3) is 0 Å². The Morgan fingerprint density at radius 1 is 0.792 bits per heavy atom. The molecule has 1 aromatic heterocycles. The summed E-state index contributed by atoms with van der Waals surface area (Å²) in [6.45, 7) is 2.02. The third kappa shape index (κ3) is 2.97. The Hall–Kier alpha value is -2.46. The molecule has 4 rings (SSSR count). The molecule has 5 heteroatoms. The highest BCUT2D eigenvalue weighted by molar-refractivity contribution is 6.30. The molecule has 1 aliphatic heterocycles. The van der Waals surface area contributed by atoms with Crippen LogP contribution in [-0.2, 0) is 0 Å². The molecule has 3 aromatic rings. The maximum Gasteiger partial charge on any atom is 0.183 e. The van der Waals surface area contributed by atoms with Crippen LogP contribution >= 0.6 is 11.6 Å². The van der Waals surface area contributed by atoms with E-state index < -0.39 is 0 Å². The van der Waals surface area contributed by atoms with Crippen molar-refractivity contribution in [3.05, 3.63) is 59.6 Å². The van der Waals surface area contributed by atoms with Crippen LogP contribution in [-0.4, -0.2) is 28.3 Å². The Balaban J connectivity index is 1.81. The summed E-state index contributed by atoms with van der Waals surface area (Å²) < 4.78 is 0. The first-order chi connectivity index (χ1) is 11.8. The van der Waals surface area contributed by atoms with E-state index in [-0.39, 0.29) is 0 Å². The number of hydrogen-bond acceptors (Lipinski definition) is 4. The summed E-state index contributed by atoms with van der Waals surface area (Å²) in [5.41, 5.74) is 2.81. The number of benzene rings is 2. The van der Waals surface area contributed by atoms with Crippen LogP contribution in [0.3, 0.4) is 0 Å². The quantitative estimate of drug-likeness (QED) is 0.708. The molecule has 120 valence electrons. The second-order valence-corrected chi connectivity index (χ2v) is 6.31. The molecule has 1 fully saturated rings. The average Bonchev–Trinajstić information content (AvgIpc) is 3.17. The summed E-state index contributed by atoms with van der Waals surface area (Å²) in [7, 11) is 0. The van der Waals surface area contributed by atoms with Crippen molar-refractivity contribution < 1.29 is 0 Å². The minimum atomic E-state index is 0.633. The first-order valence-corrected chi connectivity index (χ1v) is 8.50. The molecule has 2 heterocycles. The zero-order valence-electron chi connectivity index (χ0n) is 13.2. The fourth-order valence-electron chi connectivity index (χ4n) is 2.97. The van der Waals surface area contributed by atoms with Gasteiger partial charge < -0.3 is 4.90 Å². The van der Waals surface area contributed by atoms with Crippen molar-refractivity contribution in [1.29, 1.82) is 0 Å². The molecular formula is C19H17ClN4. The summed E-state index contributed by atoms with van der Waals surface area (Å²) in [4.78, 5) is 7.14. The second kappa shape index (κ2) is 6.57. The van der Waals surface area contributed by atoms with Crippen molar-refractivity contribution in [2.24, 2.45) is 0 Å². The molecule has 1 aliphatic rings. The highest BCUT2D eigenvalue weighted by atomic mass is 35.5. The van der Waals surface area contributed by atoms with Crippen LogP contribution in [0.5, 0.6) is 0 Å². The van der Waals surface area contributed by atoms with Gasteiger partial charge in [-0.3, -0.25) is 0 Å². The highest BCUT2D eigenvalue weighted by Gasteiger charge is 2.21. The number of aromatic nitrogens is 3. The van der Waals surface area contributed by atoms with Gasteiger partial charge in [-0.25, -0.2) is 4.98 Å². The van der Waals surface area contributed by atoms with E-state index in [4.69, 9.17) is 16.6 Å². The lowest BCUT2D eigenvalue weighted by molar-refractivity contribution is 0.896. The lowest BCUT2D eigenvalue weighted by atomic mass is 10.1. The standard InChI is InChI=1S/C19H17ClN4/c20-16-10-8-15(9-11-16)18-21-19(24-12-4-5-13-24)17(22-23-18)14-6-2-1-3-7-14/h1-3,6-11H,4-5,12-13H2. The molecule has 2 aromatic carbocycles. The smallest absolute Gasteiger partial charge is 0.183 e. The molecule has 0 unspecified atom stereocenters. The van der Waals surface area contributed by atoms with Crippen LogP contribution in [0.25, 0.3) is 22.6 Å². The zero-order valence-corrected chi connectivity index (χ0v) is 13.9. The van der Waals surface area contributed by atoms with Gasteiger partial charge in [0.1, 0.15) is 5.69 Å². The molecule has 24 heavy (non-hydrogen) atoms. The van der Waals surface area contributed by atoms with Crippen molar-refractivity contribution in [3.63, 3.8) is 0 Å². The minimum Gasteiger partial charge on any atom is -0.355 e. The third-order valence-electron chi connectivity index (χ3n) is 4.22. The van der Waals surface area contributed by atoms with E-state index >= 15 is 0 Å². The van der Waals surface area contributed by atoms with E-state index in [0.717, 1.165) is 35.7 Å². The maximum absolute atomic E-state index is 5.97. The Labute approximate surface area is 146 Å². The Morgan fingerprint density at radius 3 is 2.21 bits per heavy atom. The van der Waals surface area contributed by atoms with E-state index in [0.29, 0.717) is 10.8 Å². The van der Waals surface area contributed by atoms with Crippen LogP contribution in [0.15, 0.2) is 54.6 Å². The largest absolute Gasteiger partial charge is 0.355 e. The fourth-order valence-corrected chi connectivity index (χ4v) is 3.10. The molecule has 1 saturated heterocycles. The molecule has 0 atom stereocenters. The third-order valence-corrected chi connectivity index (χ3v) is 4.48. The highest BCUT2D eigenvalue weighted by Crippen LogP contribution is 2.30. The van der Waals surface area contributed by atoms with E-state index in [9.17, 15) is 0 Å². The van der Waals surface area contributed by atoms with Crippen molar-refractivity contribution >= 4 is 17.4 Å². The molecule has 0 N–H and O–H groups in total. The number of halogens is 1. The van der Waals surface area contributed by atoms with Crippen LogP contribution in [0.2, 0.25) is 5.02 Å². The van der Waals surface area contributed by atoms with E-state index in [1.807, 2.05) is 54.6 Å². The summed E-state index contributed by atoms with van der Waals surface area (Å²) >= 11 is 5.97. The molecule has 0 saturated carbocycles. The van der Waals surface area contributed by atoms with E-state index in [1.165, 1.54) is 12.8 Å². The van der Waals surface area contributed by atoms with Gasteiger partial charge in [0.15, 0.2) is 11.6 Å². The first-order valence-electron chi connectivity index (χ1n) is 8.12. The van der Waals surface area contributed by atoms with Crippen molar-refractivity contribution in [2.75, 3.05) is 18.0 Å². The molecule has 0 bridgehead atoms. The Bertz CT molecular complexity index is 828. The van der Waals surface area contributed by atoms with Crippen molar-refractivity contribution in [3.8, 4) is 22.6 Å². The first kappa shape index (κ1) is 15.1. The lowest BCUT2D eigenvalue weighted by Gasteiger charge is -2.19. The number of anilines is 1. The normalized spacial score (nSPS) is 14.1. The van der Waals surface area contributed by atoms with E-state index in [1.54, 1.807) is 0 Å². The molecule has 4 nitrogen and oxygen atoms in total. The monoisotopic (exact) mass is 336 g/mol. The van der Waals surface area contributed by atoms with E-state index in [2.05, 4.69) is 15.1 Å². The predicted octanol–water partition coefficient (Wildman–Crippen LogP) is 4.46. The zero-order chi connectivity index (χ0) is 16.4. The molecule has 0 spiro atoms. The lowest BCUT2D eigenvalue weighted by Crippen LogP contribution is -2.21. The van der Waals surface area contributed by atoms with Gasteiger partial charge in [0, 0.05) is 29.2 Å². The Morgan fingerprint density at radius 2 is 1.50 bits per heavy atom. The second-order valence-electron chi connectivity index (χ2n) is 5.87. The number of hydrogen-bond donors (Lipinski definition) is 0. The summed E-state index contributed by atoms with van der Waals surface area (Å²) in [5, 5.41) is 9.56. The van der Waals surface area contributed by atoms with Gasteiger partial charge in [0.2, 0.25) is 0 Å². The van der Waals surface area contributed by atoms with Gasteiger partial charge in [-0.1, -0.05) is 41.9 Å². The summed E-state index contributed by atoms with van der Waals surface area (Å²) in [6.07, 6.45) is 2.38. The number of rotatable bonds is 3. The van der Waals surface area contributed by atoms with Gasteiger partial charge in [-0.05, 0) is 37.1 Å². The van der Waals surface area contributed by atoms with Crippen LogP contribution < -0.4 is 4.90 Å². The predicted molar refractivity (Wildman–Crippen MR) is 97.2 cm³/mol. The van der Waals surface area contributed by atoms with Crippen molar-refractivity contribution in [1.82, 2.24) is 15.2 Å². The number of nitrogens with zero attached hydrogens (tertiary/aromatic N) is 4. The van der Waals surface area contributed by atoms with Gasteiger partial charge in [-0.2, -0.15) is 0 Å². The maximum atomic E-state index is 5.97. The summed E-state index contributed by atoms with van der Waals surface area (Å²) in [6, 6.07) is 17.7. The average molecular weight is 337 g/mol. The molecule has 0 amide bonds. The molecule has 0 aliphatic carbocycles.